The molecule has 0 spiro atoms. The highest BCUT2D eigenvalue weighted by Gasteiger charge is 2.06. The summed E-state index contributed by atoms with van der Waals surface area (Å²) in [6.07, 6.45) is 1.61. The molecule has 0 amide bonds. The second kappa shape index (κ2) is 4.62. The third-order valence-electron chi connectivity index (χ3n) is 1.89. The lowest BCUT2D eigenvalue weighted by Gasteiger charge is -2.03. The predicted octanol–water partition coefficient (Wildman–Crippen LogP) is 3.23. The summed E-state index contributed by atoms with van der Waals surface area (Å²) in [6.45, 7) is 0. The van der Waals surface area contributed by atoms with Crippen LogP contribution in [-0.4, -0.2) is 9.97 Å². The van der Waals surface area contributed by atoms with E-state index < -0.39 is 0 Å². The van der Waals surface area contributed by atoms with E-state index >= 15 is 0 Å². The molecule has 0 fully saturated rings. The third kappa shape index (κ3) is 2.49. The molecule has 82 valence electrons. The zero-order valence-electron chi connectivity index (χ0n) is 7.92. The minimum Gasteiger partial charge on any atom is -0.383 e. The molecular weight excluding hydrogens is 388 g/mol. The zero-order valence-corrected chi connectivity index (χ0v) is 11.7. The van der Waals surface area contributed by atoms with Gasteiger partial charge in [-0.15, -0.1) is 0 Å². The molecule has 3 nitrogen and oxygen atoms in total. The Morgan fingerprint density at radius 2 is 2.06 bits per heavy atom. The molecule has 6 heteroatoms. The highest BCUT2D eigenvalue weighted by atomic mass is 127. The maximum Gasteiger partial charge on any atom is 0.161 e. The van der Waals surface area contributed by atoms with E-state index in [1.54, 1.807) is 12.3 Å². The molecule has 1 aromatic heterocycles. The molecule has 2 N–H and O–H groups in total. The van der Waals surface area contributed by atoms with Crippen LogP contribution in [-0.2, 0) is 0 Å². The maximum atomic E-state index is 13.2. The molecule has 0 saturated heterocycles. The minimum absolute atomic E-state index is 0.343. The van der Waals surface area contributed by atoms with Crippen molar-refractivity contribution in [2.24, 2.45) is 0 Å². The Balaban J connectivity index is 2.54. The second-order valence-electron chi connectivity index (χ2n) is 3.08. The summed E-state index contributed by atoms with van der Waals surface area (Å²) in [5, 5.41) is 0. The standard InChI is InChI=1S/C10H6BrFIN3/c11-6-1-5(2-7(12)3-6)10-15-4-8(13)9(14)16-10/h1-4H,(H2,14,15,16). The Morgan fingerprint density at radius 3 is 2.69 bits per heavy atom. The van der Waals surface area contributed by atoms with E-state index in [-0.39, 0.29) is 5.82 Å². The normalized spacial score (nSPS) is 10.4. The molecule has 0 aliphatic carbocycles. The molecular formula is C10H6BrFIN3. The smallest absolute Gasteiger partial charge is 0.161 e. The van der Waals surface area contributed by atoms with Gasteiger partial charge >= 0.3 is 0 Å². The van der Waals surface area contributed by atoms with Crippen molar-refractivity contribution in [3.63, 3.8) is 0 Å². The van der Waals surface area contributed by atoms with Gasteiger partial charge in [0.1, 0.15) is 11.6 Å². The van der Waals surface area contributed by atoms with Crippen LogP contribution in [0.15, 0.2) is 28.9 Å². The van der Waals surface area contributed by atoms with Crippen molar-refractivity contribution in [2.75, 3.05) is 5.73 Å². The van der Waals surface area contributed by atoms with Crippen molar-refractivity contribution in [2.45, 2.75) is 0 Å². The van der Waals surface area contributed by atoms with Crippen molar-refractivity contribution in [1.29, 1.82) is 0 Å². The number of halogens is 3. The third-order valence-corrected chi connectivity index (χ3v) is 3.18. The van der Waals surface area contributed by atoms with Gasteiger partial charge in [0, 0.05) is 16.2 Å². The van der Waals surface area contributed by atoms with Crippen LogP contribution in [0, 0.1) is 9.39 Å². The summed E-state index contributed by atoms with van der Waals surface area (Å²) in [7, 11) is 0. The molecule has 1 heterocycles. The van der Waals surface area contributed by atoms with E-state index in [0.29, 0.717) is 21.7 Å². The summed E-state index contributed by atoms with van der Waals surface area (Å²) in [6, 6.07) is 4.48. The van der Waals surface area contributed by atoms with Crippen molar-refractivity contribution < 1.29 is 4.39 Å². The number of nitrogens with zero attached hydrogens (tertiary/aromatic N) is 2. The fourth-order valence-electron chi connectivity index (χ4n) is 1.20. The summed E-state index contributed by atoms with van der Waals surface area (Å²) in [4.78, 5) is 8.20. The summed E-state index contributed by atoms with van der Waals surface area (Å²) < 4.78 is 14.6. The fraction of sp³-hybridized carbons (Fsp3) is 0. The van der Waals surface area contributed by atoms with Gasteiger partial charge in [-0.1, -0.05) is 15.9 Å². The van der Waals surface area contributed by atoms with Crippen LogP contribution >= 0.6 is 38.5 Å². The van der Waals surface area contributed by atoms with Gasteiger partial charge in [-0.3, -0.25) is 0 Å². The van der Waals surface area contributed by atoms with Gasteiger partial charge in [0.05, 0.1) is 3.57 Å². The van der Waals surface area contributed by atoms with Crippen molar-refractivity contribution in [3.05, 3.63) is 38.3 Å². The van der Waals surface area contributed by atoms with Crippen molar-refractivity contribution >= 4 is 44.3 Å². The number of anilines is 1. The molecule has 0 bridgehead atoms. The van der Waals surface area contributed by atoms with E-state index in [1.165, 1.54) is 12.1 Å². The number of rotatable bonds is 1. The Kier molecular flexibility index (Phi) is 3.38. The first-order chi connectivity index (χ1) is 7.56. The van der Waals surface area contributed by atoms with Crippen LogP contribution in [0.3, 0.4) is 0 Å². The highest BCUT2D eigenvalue weighted by molar-refractivity contribution is 14.1. The maximum absolute atomic E-state index is 13.2. The molecule has 0 radical (unpaired) electrons. The topological polar surface area (TPSA) is 51.8 Å². The lowest BCUT2D eigenvalue weighted by molar-refractivity contribution is 0.627. The highest BCUT2D eigenvalue weighted by Crippen LogP contribution is 2.23. The summed E-state index contributed by atoms with van der Waals surface area (Å²) >= 11 is 5.26. The molecule has 2 aromatic rings. The number of benzene rings is 1. The molecule has 2 rings (SSSR count). The average Bonchev–Trinajstić information content (AvgIpc) is 2.20. The molecule has 1 aromatic carbocycles. The van der Waals surface area contributed by atoms with E-state index in [2.05, 4.69) is 25.9 Å². The van der Waals surface area contributed by atoms with Crippen LogP contribution < -0.4 is 5.73 Å². The average molecular weight is 394 g/mol. The molecule has 0 unspecified atom stereocenters. The fourth-order valence-corrected chi connectivity index (χ4v) is 1.93. The van der Waals surface area contributed by atoms with Crippen LogP contribution in [0.1, 0.15) is 0 Å². The van der Waals surface area contributed by atoms with Crippen LogP contribution in [0.25, 0.3) is 11.4 Å². The largest absolute Gasteiger partial charge is 0.383 e. The molecule has 0 aliphatic rings. The first-order valence-corrected chi connectivity index (χ1v) is 6.18. The SMILES string of the molecule is Nc1nc(-c2cc(F)cc(Br)c2)ncc1I. The van der Waals surface area contributed by atoms with E-state index in [0.717, 1.165) is 3.57 Å². The van der Waals surface area contributed by atoms with Gasteiger partial charge in [-0.2, -0.15) is 0 Å². The number of hydrogen-bond donors (Lipinski definition) is 1. The van der Waals surface area contributed by atoms with Crippen molar-refractivity contribution in [3.8, 4) is 11.4 Å². The Morgan fingerprint density at radius 1 is 1.31 bits per heavy atom. The Bertz CT molecular complexity index is 527. The van der Waals surface area contributed by atoms with Gasteiger partial charge in [-0.05, 0) is 40.8 Å². The van der Waals surface area contributed by atoms with Gasteiger partial charge in [0.25, 0.3) is 0 Å². The molecule has 0 saturated carbocycles. The number of nitrogens with two attached hydrogens (primary N) is 1. The van der Waals surface area contributed by atoms with E-state index in [9.17, 15) is 4.39 Å². The predicted molar refractivity (Wildman–Crippen MR) is 72.3 cm³/mol. The second-order valence-corrected chi connectivity index (χ2v) is 5.16. The molecule has 0 atom stereocenters. The van der Waals surface area contributed by atoms with Gasteiger partial charge in [0.15, 0.2) is 5.82 Å². The first-order valence-electron chi connectivity index (χ1n) is 4.31. The van der Waals surface area contributed by atoms with Crippen LogP contribution in [0.4, 0.5) is 10.2 Å². The lowest BCUT2D eigenvalue weighted by atomic mass is 10.2. The van der Waals surface area contributed by atoms with Gasteiger partial charge in [0.2, 0.25) is 0 Å². The number of aromatic nitrogens is 2. The number of nitrogen functional groups attached to an aromatic ring is 1. The first kappa shape index (κ1) is 11.7. The molecule has 0 aliphatic heterocycles. The van der Waals surface area contributed by atoms with Gasteiger partial charge in [-0.25, -0.2) is 14.4 Å². The quantitative estimate of drug-likeness (QED) is 0.757. The van der Waals surface area contributed by atoms with E-state index in [4.69, 9.17) is 5.73 Å². The minimum atomic E-state index is -0.343. The molecule has 16 heavy (non-hydrogen) atoms. The monoisotopic (exact) mass is 393 g/mol. The lowest BCUT2D eigenvalue weighted by Crippen LogP contribution is -1.98. The summed E-state index contributed by atoms with van der Waals surface area (Å²) in [5.41, 5.74) is 6.26. The Hall–Kier alpha value is -0.760. The summed E-state index contributed by atoms with van der Waals surface area (Å²) in [5.74, 6) is 0.467. The van der Waals surface area contributed by atoms with Crippen molar-refractivity contribution in [1.82, 2.24) is 9.97 Å². The van der Waals surface area contributed by atoms with E-state index in [1.807, 2.05) is 22.6 Å². The Labute approximate surface area is 114 Å². The zero-order chi connectivity index (χ0) is 11.7. The van der Waals surface area contributed by atoms with Gasteiger partial charge < -0.3 is 5.73 Å². The van der Waals surface area contributed by atoms with Crippen LogP contribution in [0.2, 0.25) is 0 Å². The van der Waals surface area contributed by atoms with Crippen LogP contribution in [0.5, 0.6) is 0 Å². The number of hydrogen-bond acceptors (Lipinski definition) is 3.